The van der Waals surface area contributed by atoms with Crippen molar-refractivity contribution in [3.8, 4) is 0 Å². The minimum Gasteiger partial charge on any atom is -0.381 e. The highest BCUT2D eigenvalue weighted by Crippen LogP contribution is 2.31. The molecule has 1 saturated heterocycles. The number of nitrogens with zero attached hydrogens (tertiary/aromatic N) is 6. The van der Waals surface area contributed by atoms with E-state index in [-0.39, 0.29) is 11.9 Å². The van der Waals surface area contributed by atoms with E-state index < -0.39 is 0 Å². The molecule has 1 fully saturated rings. The number of hydrogen-bond donors (Lipinski definition) is 0. The zero-order valence-corrected chi connectivity index (χ0v) is 15.5. The Bertz CT molecular complexity index is 776. The van der Waals surface area contributed by atoms with Crippen molar-refractivity contribution in [1.29, 1.82) is 0 Å². The minimum atomic E-state index is 0.167. The SMILES string of the molecule is C[C@H]1CN(C(=O)CCc2ccnn2C)Cc2nnc(C3CCOCC3)n21. The summed E-state index contributed by atoms with van der Waals surface area (Å²) in [7, 11) is 1.91. The maximum Gasteiger partial charge on any atom is 0.223 e. The summed E-state index contributed by atoms with van der Waals surface area (Å²) in [5.74, 6) is 2.55. The molecule has 8 heteroatoms. The quantitative estimate of drug-likeness (QED) is 0.826. The van der Waals surface area contributed by atoms with Crippen molar-refractivity contribution in [2.45, 2.75) is 51.1 Å². The van der Waals surface area contributed by atoms with Crippen LogP contribution in [0.2, 0.25) is 0 Å². The largest absolute Gasteiger partial charge is 0.381 e. The van der Waals surface area contributed by atoms with E-state index in [4.69, 9.17) is 4.74 Å². The second-order valence-electron chi connectivity index (χ2n) is 7.30. The van der Waals surface area contributed by atoms with Crippen molar-refractivity contribution < 1.29 is 9.53 Å². The van der Waals surface area contributed by atoms with Crippen LogP contribution in [0.1, 0.15) is 55.5 Å². The van der Waals surface area contributed by atoms with E-state index in [0.29, 0.717) is 31.8 Å². The van der Waals surface area contributed by atoms with E-state index in [9.17, 15) is 4.79 Å². The van der Waals surface area contributed by atoms with E-state index in [1.165, 1.54) is 0 Å². The molecule has 26 heavy (non-hydrogen) atoms. The molecular formula is C18H26N6O2. The summed E-state index contributed by atoms with van der Waals surface area (Å²) in [6.45, 7) is 4.99. The lowest BCUT2D eigenvalue weighted by Gasteiger charge is -2.34. The molecule has 4 heterocycles. The van der Waals surface area contributed by atoms with Gasteiger partial charge in [-0.15, -0.1) is 10.2 Å². The molecule has 0 radical (unpaired) electrons. The minimum absolute atomic E-state index is 0.167. The van der Waals surface area contributed by atoms with E-state index in [1.54, 1.807) is 6.20 Å². The number of aromatic nitrogens is 5. The first-order valence-electron chi connectivity index (χ1n) is 9.39. The van der Waals surface area contributed by atoms with Crippen LogP contribution >= 0.6 is 0 Å². The third-order valence-electron chi connectivity index (χ3n) is 5.51. The Kier molecular flexibility index (Phi) is 4.76. The Labute approximate surface area is 153 Å². The molecule has 0 aromatic carbocycles. The van der Waals surface area contributed by atoms with Gasteiger partial charge in [0, 0.05) is 51.0 Å². The molecule has 8 nitrogen and oxygen atoms in total. The highest BCUT2D eigenvalue weighted by atomic mass is 16.5. The predicted molar refractivity (Wildman–Crippen MR) is 94.5 cm³/mol. The van der Waals surface area contributed by atoms with Crippen molar-refractivity contribution in [2.75, 3.05) is 19.8 Å². The molecule has 0 N–H and O–H groups in total. The Hall–Kier alpha value is -2.22. The van der Waals surface area contributed by atoms with Crippen LogP contribution in [0.4, 0.5) is 0 Å². The van der Waals surface area contributed by atoms with Crippen LogP contribution in [-0.2, 0) is 29.5 Å². The lowest BCUT2D eigenvalue weighted by molar-refractivity contribution is -0.133. The van der Waals surface area contributed by atoms with Crippen LogP contribution in [0.15, 0.2) is 12.3 Å². The second-order valence-corrected chi connectivity index (χ2v) is 7.30. The average Bonchev–Trinajstić information content (AvgIpc) is 3.26. The summed E-state index contributed by atoms with van der Waals surface area (Å²) in [6.07, 6.45) is 4.97. The summed E-state index contributed by atoms with van der Waals surface area (Å²) in [5.41, 5.74) is 1.08. The zero-order chi connectivity index (χ0) is 18.1. The van der Waals surface area contributed by atoms with Gasteiger partial charge in [0.25, 0.3) is 0 Å². The lowest BCUT2D eigenvalue weighted by Crippen LogP contribution is -2.41. The topological polar surface area (TPSA) is 78.1 Å². The van der Waals surface area contributed by atoms with Crippen molar-refractivity contribution in [3.05, 3.63) is 29.6 Å². The van der Waals surface area contributed by atoms with Crippen LogP contribution in [0.5, 0.6) is 0 Å². The molecule has 2 aromatic rings. The van der Waals surface area contributed by atoms with Gasteiger partial charge in [0.1, 0.15) is 5.82 Å². The maximum absolute atomic E-state index is 12.7. The Balaban J connectivity index is 1.43. The number of carbonyl (C=O) groups is 1. The number of fused-ring (bicyclic) bond motifs is 1. The van der Waals surface area contributed by atoms with Crippen LogP contribution < -0.4 is 0 Å². The molecule has 0 spiro atoms. The summed E-state index contributed by atoms with van der Waals surface area (Å²) in [5, 5.41) is 13.0. The molecule has 140 valence electrons. The fraction of sp³-hybridized carbons (Fsp3) is 0.667. The summed E-state index contributed by atoms with van der Waals surface area (Å²) < 4.78 is 9.54. The van der Waals surface area contributed by atoms with E-state index >= 15 is 0 Å². The van der Waals surface area contributed by atoms with E-state index in [2.05, 4.69) is 26.8 Å². The van der Waals surface area contributed by atoms with Crippen molar-refractivity contribution in [1.82, 2.24) is 29.4 Å². The molecule has 0 unspecified atom stereocenters. The average molecular weight is 358 g/mol. The van der Waals surface area contributed by atoms with Gasteiger partial charge in [-0.25, -0.2) is 0 Å². The fourth-order valence-electron chi connectivity index (χ4n) is 4.03. The summed E-state index contributed by atoms with van der Waals surface area (Å²) in [6, 6.07) is 2.16. The first-order chi connectivity index (χ1) is 12.6. The molecule has 0 bridgehead atoms. The molecule has 1 amide bonds. The fourth-order valence-corrected chi connectivity index (χ4v) is 4.03. The molecular weight excluding hydrogens is 332 g/mol. The molecule has 0 aliphatic carbocycles. The standard InChI is InChI=1S/C18H26N6O2/c1-13-11-23(17(25)4-3-15-5-8-19-22(15)2)12-16-20-21-18(24(13)16)14-6-9-26-10-7-14/h5,8,13-14H,3-4,6-7,9-12H2,1-2H3/t13-/m0/s1. The van der Waals surface area contributed by atoms with Crippen LogP contribution in [-0.4, -0.2) is 55.1 Å². The highest BCUT2D eigenvalue weighted by Gasteiger charge is 2.32. The number of hydrogen-bond acceptors (Lipinski definition) is 5. The lowest BCUT2D eigenvalue weighted by atomic mass is 9.99. The van der Waals surface area contributed by atoms with Gasteiger partial charge in [0.05, 0.1) is 12.6 Å². The number of aryl methyl sites for hydroxylation is 2. The van der Waals surface area contributed by atoms with Crippen molar-refractivity contribution in [2.24, 2.45) is 7.05 Å². The zero-order valence-electron chi connectivity index (χ0n) is 15.5. The Morgan fingerprint density at radius 3 is 2.85 bits per heavy atom. The molecule has 2 aromatic heterocycles. The second kappa shape index (κ2) is 7.19. The molecule has 0 saturated carbocycles. The normalized spacial score (nSPS) is 21.0. The number of amides is 1. The van der Waals surface area contributed by atoms with Gasteiger partial charge in [0.15, 0.2) is 5.82 Å². The number of carbonyl (C=O) groups excluding carboxylic acids is 1. The summed E-state index contributed by atoms with van der Waals surface area (Å²) in [4.78, 5) is 14.6. The summed E-state index contributed by atoms with van der Waals surface area (Å²) >= 11 is 0. The van der Waals surface area contributed by atoms with Gasteiger partial charge in [-0.3, -0.25) is 9.48 Å². The first kappa shape index (κ1) is 17.2. The predicted octanol–water partition coefficient (Wildman–Crippen LogP) is 1.44. The van der Waals surface area contributed by atoms with Gasteiger partial charge >= 0.3 is 0 Å². The molecule has 1 atom stereocenters. The van der Waals surface area contributed by atoms with Crippen LogP contribution in [0, 0.1) is 0 Å². The monoisotopic (exact) mass is 358 g/mol. The van der Waals surface area contributed by atoms with Crippen molar-refractivity contribution >= 4 is 5.91 Å². The third kappa shape index (κ3) is 3.25. The van der Waals surface area contributed by atoms with Gasteiger partial charge in [-0.1, -0.05) is 0 Å². The van der Waals surface area contributed by atoms with Crippen molar-refractivity contribution in [3.63, 3.8) is 0 Å². The third-order valence-corrected chi connectivity index (χ3v) is 5.51. The number of rotatable bonds is 4. The van der Waals surface area contributed by atoms with Gasteiger partial charge < -0.3 is 14.2 Å². The van der Waals surface area contributed by atoms with Gasteiger partial charge in [0.2, 0.25) is 5.91 Å². The molecule has 4 rings (SSSR count). The molecule has 2 aliphatic rings. The Morgan fingerprint density at radius 2 is 2.12 bits per heavy atom. The number of ether oxygens (including phenoxy) is 1. The van der Waals surface area contributed by atoms with Crippen LogP contribution in [0.25, 0.3) is 0 Å². The smallest absolute Gasteiger partial charge is 0.223 e. The van der Waals surface area contributed by atoms with Gasteiger partial charge in [-0.2, -0.15) is 5.10 Å². The van der Waals surface area contributed by atoms with E-state index in [1.807, 2.05) is 22.7 Å². The first-order valence-corrected chi connectivity index (χ1v) is 9.39. The highest BCUT2D eigenvalue weighted by molar-refractivity contribution is 5.76. The van der Waals surface area contributed by atoms with Crippen LogP contribution in [0.3, 0.4) is 0 Å². The maximum atomic E-state index is 12.7. The van der Waals surface area contributed by atoms with E-state index in [0.717, 1.165) is 43.4 Å². The Morgan fingerprint density at radius 1 is 1.31 bits per heavy atom. The van der Waals surface area contributed by atoms with Gasteiger partial charge in [-0.05, 0) is 32.3 Å². The molecule has 2 aliphatic heterocycles.